The van der Waals surface area contributed by atoms with Crippen LogP contribution in [0.25, 0.3) is 0 Å². The number of aromatic carboxylic acids is 1. The largest absolute Gasteiger partial charge is 0.477 e. The van der Waals surface area contributed by atoms with E-state index >= 15 is 0 Å². The number of unbranched alkanes of at least 4 members (excludes halogenated alkanes) is 1. The topological polar surface area (TPSA) is 67.3 Å². The van der Waals surface area contributed by atoms with Gasteiger partial charge >= 0.3 is 5.97 Å². The lowest BCUT2D eigenvalue weighted by atomic mass is 10.3. The Hall–Kier alpha value is -1.23. The first kappa shape index (κ1) is 12.8. The Balaban J connectivity index is 2.63. The van der Waals surface area contributed by atoms with Crippen molar-refractivity contribution in [1.29, 1.82) is 0 Å². The van der Waals surface area contributed by atoms with E-state index < -0.39 is 16.8 Å². The third kappa shape index (κ3) is 4.10. The van der Waals surface area contributed by atoms with Gasteiger partial charge in [-0.05, 0) is 18.6 Å². The Morgan fingerprint density at radius 2 is 2.25 bits per heavy atom. The molecule has 1 heterocycles. The van der Waals surface area contributed by atoms with Crippen molar-refractivity contribution in [2.45, 2.75) is 25.5 Å². The highest BCUT2D eigenvalue weighted by molar-refractivity contribution is 7.84. The molecule has 0 amide bonds. The van der Waals surface area contributed by atoms with Gasteiger partial charge in [0.25, 0.3) is 0 Å². The fraction of sp³-hybridized carbons (Fsp3) is 0.455. The zero-order valence-corrected chi connectivity index (χ0v) is 10.00. The van der Waals surface area contributed by atoms with E-state index in [2.05, 4.69) is 4.98 Å². The number of rotatable bonds is 6. The van der Waals surface area contributed by atoms with E-state index in [0.29, 0.717) is 17.2 Å². The highest BCUT2D eigenvalue weighted by Crippen LogP contribution is 2.04. The van der Waals surface area contributed by atoms with Gasteiger partial charge in [0.2, 0.25) is 0 Å². The van der Waals surface area contributed by atoms with Crippen LogP contribution in [0.15, 0.2) is 18.2 Å². The van der Waals surface area contributed by atoms with Gasteiger partial charge in [0.15, 0.2) is 0 Å². The van der Waals surface area contributed by atoms with Crippen LogP contribution in [0.1, 0.15) is 35.9 Å². The average molecular weight is 241 g/mol. The lowest BCUT2D eigenvalue weighted by Gasteiger charge is -2.02. The maximum Gasteiger partial charge on any atom is 0.354 e. The zero-order valence-electron chi connectivity index (χ0n) is 9.18. The van der Waals surface area contributed by atoms with E-state index in [0.717, 1.165) is 12.8 Å². The number of pyridine rings is 1. The van der Waals surface area contributed by atoms with Crippen LogP contribution < -0.4 is 0 Å². The molecule has 0 saturated carbocycles. The average Bonchev–Trinajstić information content (AvgIpc) is 2.26. The minimum absolute atomic E-state index is 0.00462. The van der Waals surface area contributed by atoms with Crippen LogP contribution in [0.2, 0.25) is 0 Å². The van der Waals surface area contributed by atoms with E-state index in [1.807, 2.05) is 6.92 Å². The second kappa shape index (κ2) is 6.37. The van der Waals surface area contributed by atoms with Gasteiger partial charge in [0, 0.05) is 16.6 Å². The number of carboxylic acid groups (broad SMARTS) is 1. The second-order valence-electron chi connectivity index (χ2n) is 3.46. The molecule has 1 aromatic heterocycles. The summed E-state index contributed by atoms with van der Waals surface area (Å²) in [6.07, 6.45) is 1.93. The zero-order chi connectivity index (χ0) is 12.0. The molecule has 0 spiro atoms. The van der Waals surface area contributed by atoms with Crippen LogP contribution in [-0.4, -0.2) is 26.0 Å². The predicted octanol–water partition coefficient (Wildman–Crippen LogP) is 1.83. The van der Waals surface area contributed by atoms with E-state index in [-0.39, 0.29) is 5.69 Å². The molecule has 0 aliphatic heterocycles. The van der Waals surface area contributed by atoms with Crippen LogP contribution in [0.4, 0.5) is 0 Å². The van der Waals surface area contributed by atoms with E-state index in [1.165, 1.54) is 6.07 Å². The molecule has 88 valence electrons. The molecule has 0 aliphatic rings. The molecule has 0 fully saturated rings. The summed E-state index contributed by atoms with van der Waals surface area (Å²) in [5.41, 5.74) is 0.583. The van der Waals surface area contributed by atoms with E-state index in [1.54, 1.807) is 12.1 Å². The normalized spacial score (nSPS) is 12.3. The van der Waals surface area contributed by atoms with Gasteiger partial charge in [-0.3, -0.25) is 4.21 Å². The van der Waals surface area contributed by atoms with Crippen molar-refractivity contribution in [2.75, 3.05) is 5.75 Å². The summed E-state index contributed by atoms with van der Waals surface area (Å²) < 4.78 is 11.6. The molecule has 0 aliphatic carbocycles. The summed E-state index contributed by atoms with van der Waals surface area (Å²) in [4.78, 5) is 14.6. The fourth-order valence-corrected chi connectivity index (χ4v) is 2.47. The number of hydrogen-bond donors (Lipinski definition) is 1. The van der Waals surface area contributed by atoms with Crippen molar-refractivity contribution < 1.29 is 14.1 Å². The van der Waals surface area contributed by atoms with E-state index in [4.69, 9.17) is 5.11 Å². The predicted molar refractivity (Wildman–Crippen MR) is 62.8 cm³/mol. The van der Waals surface area contributed by atoms with E-state index in [9.17, 15) is 9.00 Å². The molecule has 1 unspecified atom stereocenters. The van der Waals surface area contributed by atoms with Gasteiger partial charge < -0.3 is 5.11 Å². The van der Waals surface area contributed by atoms with Crippen molar-refractivity contribution in [1.82, 2.24) is 4.98 Å². The third-order valence-corrected chi connectivity index (χ3v) is 3.42. The maximum absolute atomic E-state index is 11.6. The minimum Gasteiger partial charge on any atom is -0.477 e. The smallest absolute Gasteiger partial charge is 0.354 e. The molecule has 16 heavy (non-hydrogen) atoms. The summed E-state index contributed by atoms with van der Waals surface area (Å²) in [5, 5.41) is 8.75. The quantitative estimate of drug-likeness (QED) is 0.825. The molecule has 5 heteroatoms. The van der Waals surface area contributed by atoms with Crippen LogP contribution in [0, 0.1) is 0 Å². The van der Waals surface area contributed by atoms with Crippen molar-refractivity contribution in [3.63, 3.8) is 0 Å². The van der Waals surface area contributed by atoms with Gasteiger partial charge in [-0.1, -0.05) is 19.4 Å². The van der Waals surface area contributed by atoms with Crippen molar-refractivity contribution in [3.8, 4) is 0 Å². The molecule has 0 saturated heterocycles. The molecule has 1 rings (SSSR count). The van der Waals surface area contributed by atoms with Gasteiger partial charge in [-0.15, -0.1) is 0 Å². The fourth-order valence-electron chi connectivity index (χ4n) is 1.22. The lowest BCUT2D eigenvalue weighted by molar-refractivity contribution is 0.0690. The van der Waals surface area contributed by atoms with Crippen molar-refractivity contribution in [2.24, 2.45) is 0 Å². The number of carbonyl (C=O) groups is 1. The lowest BCUT2D eigenvalue weighted by Crippen LogP contribution is -2.06. The number of hydrogen-bond acceptors (Lipinski definition) is 3. The Kier molecular flexibility index (Phi) is 5.11. The number of nitrogens with zero attached hydrogens (tertiary/aromatic N) is 1. The summed E-state index contributed by atoms with van der Waals surface area (Å²) >= 11 is 0. The molecule has 4 nitrogen and oxygen atoms in total. The molecule has 1 N–H and O–H groups in total. The Morgan fingerprint density at radius 3 is 2.88 bits per heavy atom. The minimum atomic E-state index is -1.05. The van der Waals surface area contributed by atoms with Gasteiger partial charge in [-0.2, -0.15) is 0 Å². The summed E-state index contributed by atoms with van der Waals surface area (Å²) in [6.45, 7) is 2.04. The van der Waals surface area contributed by atoms with Gasteiger partial charge in [0.1, 0.15) is 5.69 Å². The highest BCUT2D eigenvalue weighted by atomic mass is 32.2. The Labute approximate surface area is 97.2 Å². The summed E-state index contributed by atoms with van der Waals surface area (Å²) in [7, 11) is -0.948. The van der Waals surface area contributed by atoms with Gasteiger partial charge in [0.05, 0.1) is 11.4 Å². The van der Waals surface area contributed by atoms with Crippen LogP contribution >= 0.6 is 0 Å². The van der Waals surface area contributed by atoms with Crippen molar-refractivity contribution >= 4 is 16.8 Å². The first-order valence-electron chi connectivity index (χ1n) is 5.17. The van der Waals surface area contributed by atoms with Gasteiger partial charge in [-0.25, -0.2) is 9.78 Å². The summed E-state index contributed by atoms with van der Waals surface area (Å²) in [5.74, 6) is -0.0717. The third-order valence-electron chi connectivity index (χ3n) is 2.06. The SMILES string of the molecule is CCCCS(=O)Cc1cccc(C(=O)O)n1. The standard InChI is InChI=1S/C11H15NO3S/c1-2-3-7-16(15)8-9-5-4-6-10(12-9)11(13)14/h4-6H,2-3,7-8H2,1H3,(H,13,14). The monoisotopic (exact) mass is 241 g/mol. The van der Waals surface area contributed by atoms with Crippen LogP contribution in [-0.2, 0) is 16.6 Å². The first-order chi connectivity index (χ1) is 7.63. The van der Waals surface area contributed by atoms with Crippen LogP contribution in [0.3, 0.4) is 0 Å². The molecular weight excluding hydrogens is 226 g/mol. The molecule has 1 aromatic rings. The summed E-state index contributed by atoms with van der Waals surface area (Å²) in [6, 6.07) is 4.76. The number of carboxylic acids is 1. The van der Waals surface area contributed by atoms with Crippen LogP contribution in [0.5, 0.6) is 0 Å². The number of aromatic nitrogens is 1. The second-order valence-corrected chi connectivity index (χ2v) is 5.04. The molecule has 0 bridgehead atoms. The Morgan fingerprint density at radius 1 is 1.50 bits per heavy atom. The maximum atomic E-state index is 11.6. The molecular formula is C11H15NO3S. The Bertz CT molecular complexity index is 393. The molecule has 1 atom stereocenters. The first-order valence-corrected chi connectivity index (χ1v) is 6.66. The highest BCUT2D eigenvalue weighted by Gasteiger charge is 2.07. The molecule has 0 radical (unpaired) electrons. The van der Waals surface area contributed by atoms with Crippen molar-refractivity contribution in [3.05, 3.63) is 29.6 Å². The molecule has 0 aromatic carbocycles.